The molecule has 0 saturated heterocycles. The largest absolute Gasteiger partial charge is 0.392 e. The zero-order valence-electron chi connectivity index (χ0n) is 8.10. The van der Waals surface area contributed by atoms with Crippen molar-refractivity contribution in [2.45, 2.75) is 20.0 Å². The highest BCUT2D eigenvalue weighted by atomic mass is 35.5. The number of rotatable bonds is 4. The number of carbonyl (C=O) groups excluding carboxylic acids is 1. The van der Waals surface area contributed by atoms with Crippen LogP contribution in [0.3, 0.4) is 0 Å². The van der Waals surface area contributed by atoms with Gasteiger partial charge in [-0.05, 0) is 25.4 Å². The van der Waals surface area contributed by atoms with Crippen LogP contribution in [0.5, 0.6) is 0 Å². The zero-order valence-corrected chi connectivity index (χ0v) is 9.67. The fourth-order valence-corrected chi connectivity index (χ4v) is 1.21. The van der Waals surface area contributed by atoms with Crippen molar-refractivity contribution in [1.29, 1.82) is 0 Å². The van der Waals surface area contributed by atoms with Crippen LogP contribution in [-0.4, -0.2) is 26.4 Å². The lowest BCUT2D eigenvalue weighted by Gasteiger charge is -2.02. The molecule has 1 heterocycles. The van der Waals surface area contributed by atoms with E-state index in [9.17, 15) is 4.79 Å². The van der Waals surface area contributed by atoms with E-state index >= 15 is 0 Å². The summed E-state index contributed by atoms with van der Waals surface area (Å²) in [7, 11) is 0. The number of carbonyl (C=O) groups is 1. The average Bonchev–Trinajstić information content (AvgIpc) is 2.51. The molecule has 1 aromatic heterocycles. The summed E-state index contributed by atoms with van der Waals surface area (Å²) in [5.74, 6) is 0.0816. The lowest BCUT2D eigenvalue weighted by molar-refractivity contribution is -0.106. The number of hydrogen-bond donors (Lipinski definition) is 1. The molecule has 0 spiro atoms. The number of nitrogens with two attached hydrogens (primary N) is 1. The Morgan fingerprint density at radius 3 is 2.73 bits per heavy atom. The molecule has 82 valence electrons. The molecule has 0 amide bonds. The summed E-state index contributed by atoms with van der Waals surface area (Å²) in [5.41, 5.74) is 5.23. The highest BCUT2D eigenvalue weighted by Crippen LogP contribution is 2.09. The van der Waals surface area contributed by atoms with Gasteiger partial charge in [0.25, 0.3) is 5.24 Å². The van der Waals surface area contributed by atoms with E-state index < -0.39 is 5.24 Å². The van der Waals surface area contributed by atoms with Crippen molar-refractivity contribution in [3.63, 3.8) is 0 Å². The quantitative estimate of drug-likeness (QED) is 0.488. The van der Waals surface area contributed by atoms with Gasteiger partial charge in [-0.3, -0.25) is 4.79 Å². The summed E-state index contributed by atoms with van der Waals surface area (Å²) in [6, 6.07) is 0. The molecule has 8 heteroatoms. The second kappa shape index (κ2) is 5.04. The minimum atomic E-state index is -0.784. The maximum absolute atomic E-state index is 11.0. The number of nitrogen functional groups attached to an aromatic ring is 1. The van der Waals surface area contributed by atoms with E-state index in [1.807, 2.05) is 0 Å². The Balaban J connectivity index is 2.93. The Morgan fingerprint density at radius 2 is 2.33 bits per heavy atom. The monoisotopic (exact) mass is 248 g/mol. The second-order valence-corrected chi connectivity index (χ2v) is 3.95. The van der Waals surface area contributed by atoms with Crippen molar-refractivity contribution in [2.24, 2.45) is 5.16 Å². The third-order valence-corrected chi connectivity index (χ3v) is 1.92. The third-order valence-electron chi connectivity index (χ3n) is 1.19. The van der Waals surface area contributed by atoms with Crippen molar-refractivity contribution in [3.8, 4) is 0 Å². The highest BCUT2D eigenvalue weighted by Gasteiger charge is 2.18. The van der Waals surface area contributed by atoms with Crippen LogP contribution in [0.15, 0.2) is 5.16 Å². The first-order valence-corrected chi connectivity index (χ1v) is 5.19. The number of halogens is 1. The smallest absolute Gasteiger partial charge is 0.278 e. The molecule has 0 saturated carbocycles. The van der Waals surface area contributed by atoms with Crippen LogP contribution in [0.2, 0.25) is 0 Å². The molecule has 0 bridgehead atoms. The van der Waals surface area contributed by atoms with Gasteiger partial charge in [0.1, 0.15) is 6.10 Å². The fraction of sp³-hybridized carbons (Fsp3) is 0.429. The zero-order chi connectivity index (χ0) is 11.4. The van der Waals surface area contributed by atoms with E-state index in [2.05, 4.69) is 14.5 Å². The van der Waals surface area contributed by atoms with Crippen LogP contribution >= 0.6 is 23.1 Å². The number of anilines is 1. The van der Waals surface area contributed by atoms with E-state index in [0.29, 0.717) is 0 Å². The topological polar surface area (TPSA) is 90.5 Å². The average molecular weight is 249 g/mol. The molecule has 0 aromatic carbocycles. The van der Waals surface area contributed by atoms with Gasteiger partial charge in [0.15, 0.2) is 5.13 Å². The molecule has 0 aliphatic heterocycles. The predicted octanol–water partition coefficient (Wildman–Crippen LogP) is 1.01. The molecule has 2 N–H and O–H groups in total. The van der Waals surface area contributed by atoms with Gasteiger partial charge < -0.3 is 10.6 Å². The molecular formula is C7H9ClN4O2S. The minimum absolute atomic E-state index is 0.0816. The van der Waals surface area contributed by atoms with Crippen molar-refractivity contribution >= 4 is 39.2 Å². The number of hydrogen-bond acceptors (Lipinski definition) is 7. The summed E-state index contributed by atoms with van der Waals surface area (Å²) < 4.78 is 3.80. The maximum Gasteiger partial charge on any atom is 0.278 e. The Labute approximate surface area is 95.2 Å². The molecule has 15 heavy (non-hydrogen) atoms. The molecule has 1 aromatic rings. The van der Waals surface area contributed by atoms with Crippen LogP contribution in [-0.2, 0) is 9.63 Å². The van der Waals surface area contributed by atoms with Crippen LogP contribution in [0, 0.1) is 0 Å². The van der Waals surface area contributed by atoms with Gasteiger partial charge in [0.05, 0.1) is 0 Å². The van der Waals surface area contributed by atoms with Gasteiger partial charge in [-0.25, -0.2) is 0 Å². The van der Waals surface area contributed by atoms with Gasteiger partial charge in [0, 0.05) is 11.5 Å². The Morgan fingerprint density at radius 1 is 1.67 bits per heavy atom. The van der Waals surface area contributed by atoms with Gasteiger partial charge >= 0.3 is 0 Å². The number of oxime groups is 1. The van der Waals surface area contributed by atoms with Gasteiger partial charge in [-0.2, -0.15) is 9.36 Å². The lowest BCUT2D eigenvalue weighted by Crippen LogP contribution is -2.13. The lowest BCUT2D eigenvalue weighted by atomic mass is 10.4. The van der Waals surface area contributed by atoms with Crippen LogP contribution < -0.4 is 5.73 Å². The molecule has 0 fully saturated rings. The minimum Gasteiger partial charge on any atom is -0.392 e. The van der Waals surface area contributed by atoms with Gasteiger partial charge in [0.2, 0.25) is 11.5 Å². The maximum atomic E-state index is 11.0. The molecule has 0 radical (unpaired) electrons. The predicted molar refractivity (Wildman–Crippen MR) is 57.9 cm³/mol. The SMILES string of the molecule is CC(C)ON=C(C(=O)Cl)c1nsc(N)n1. The molecule has 0 aliphatic rings. The highest BCUT2D eigenvalue weighted by molar-refractivity contribution is 7.09. The Bertz CT molecular complexity index is 390. The second-order valence-electron chi connectivity index (χ2n) is 2.82. The van der Waals surface area contributed by atoms with Crippen molar-refractivity contribution in [2.75, 3.05) is 5.73 Å². The standard InChI is InChI=1S/C7H9ClN4O2S/c1-3(2)14-11-4(5(8)13)6-10-7(9)15-12-6/h3H,1-2H3,(H2,9,10,12). The first kappa shape index (κ1) is 11.9. The molecule has 0 aliphatic carbocycles. The van der Waals surface area contributed by atoms with E-state index in [0.717, 1.165) is 11.5 Å². The first-order chi connectivity index (χ1) is 7.00. The Kier molecular flexibility index (Phi) is 3.98. The van der Waals surface area contributed by atoms with Crippen LogP contribution in [0.1, 0.15) is 19.7 Å². The van der Waals surface area contributed by atoms with Gasteiger partial charge in [-0.15, -0.1) is 0 Å². The summed E-state index contributed by atoms with van der Waals surface area (Å²) in [6.45, 7) is 3.53. The van der Waals surface area contributed by atoms with Crippen molar-refractivity contribution in [1.82, 2.24) is 9.36 Å². The molecule has 1 rings (SSSR count). The van der Waals surface area contributed by atoms with E-state index in [1.165, 1.54) is 0 Å². The normalized spacial score (nSPS) is 11.9. The van der Waals surface area contributed by atoms with Crippen LogP contribution in [0.25, 0.3) is 0 Å². The van der Waals surface area contributed by atoms with Gasteiger partial charge in [-0.1, -0.05) is 5.16 Å². The molecule has 0 atom stereocenters. The summed E-state index contributed by atoms with van der Waals surface area (Å²) in [6.07, 6.45) is -0.160. The summed E-state index contributed by atoms with van der Waals surface area (Å²) >= 11 is 6.26. The molecule has 6 nitrogen and oxygen atoms in total. The summed E-state index contributed by atoms with van der Waals surface area (Å²) in [4.78, 5) is 19.7. The third kappa shape index (κ3) is 3.45. The van der Waals surface area contributed by atoms with E-state index in [1.54, 1.807) is 13.8 Å². The number of aromatic nitrogens is 2. The van der Waals surface area contributed by atoms with Crippen molar-refractivity contribution < 1.29 is 9.63 Å². The Hall–Kier alpha value is -1.21. The van der Waals surface area contributed by atoms with Crippen LogP contribution in [0.4, 0.5) is 5.13 Å². The van der Waals surface area contributed by atoms with E-state index in [-0.39, 0.29) is 22.8 Å². The van der Waals surface area contributed by atoms with E-state index in [4.69, 9.17) is 22.2 Å². The number of nitrogens with zero attached hydrogens (tertiary/aromatic N) is 3. The summed E-state index contributed by atoms with van der Waals surface area (Å²) in [5, 5.41) is 3.02. The molecular weight excluding hydrogens is 240 g/mol. The first-order valence-electron chi connectivity index (χ1n) is 4.04. The fourth-order valence-electron chi connectivity index (χ4n) is 0.654. The van der Waals surface area contributed by atoms with Crippen molar-refractivity contribution in [3.05, 3.63) is 5.82 Å². The molecule has 0 unspecified atom stereocenters.